The molecule has 0 unspecified atom stereocenters. The molecule has 1 aromatic heterocycles. The van der Waals surface area contributed by atoms with Crippen LogP contribution < -0.4 is 0 Å². The largest absolute Gasteiger partial charge is 0.300 e. The van der Waals surface area contributed by atoms with E-state index in [9.17, 15) is 0 Å². The fourth-order valence-electron chi connectivity index (χ4n) is 0.536. The summed E-state index contributed by atoms with van der Waals surface area (Å²) in [6.07, 6.45) is 1.95. The van der Waals surface area contributed by atoms with Crippen molar-refractivity contribution in [3.8, 4) is 6.07 Å². The van der Waals surface area contributed by atoms with Crippen LogP contribution >= 0.6 is 0 Å². The summed E-state index contributed by atoms with van der Waals surface area (Å²) in [7, 11) is 0. The van der Waals surface area contributed by atoms with Gasteiger partial charge in [0.2, 0.25) is 0 Å². The summed E-state index contributed by atoms with van der Waals surface area (Å²) in [5, 5.41) is 8.22. The van der Waals surface area contributed by atoms with Gasteiger partial charge in [0.15, 0.2) is 0 Å². The van der Waals surface area contributed by atoms with E-state index in [0.29, 0.717) is 6.42 Å². The third kappa shape index (κ3) is 2.73. The van der Waals surface area contributed by atoms with Gasteiger partial charge in [-0.1, -0.05) is 6.20 Å². The monoisotopic (exact) mass is 304 g/mol. The Bertz CT molecular complexity index is 215. The van der Waals surface area contributed by atoms with Crippen molar-refractivity contribution in [1.82, 2.24) is 4.98 Å². The molecule has 3 heteroatoms. The summed E-state index contributed by atoms with van der Waals surface area (Å²) >= 11 is 0. The van der Waals surface area contributed by atoms with Crippen LogP contribution in [0, 0.1) is 17.4 Å². The van der Waals surface area contributed by atoms with Crippen LogP contribution in [0.15, 0.2) is 18.3 Å². The summed E-state index contributed by atoms with van der Waals surface area (Å²) in [4.78, 5) is 3.89. The minimum atomic E-state index is 0. The minimum Gasteiger partial charge on any atom is -0.300 e. The Morgan fingerprint density at radius 2 is 2.50 bits per heavy atom. The van der Waals surface area contributed by atoms with E-state index in [4.69, 9.17) is 5.26 Å². The first-order valence-electron chi connectivity index (χ1n) is 2.61. The Morgan fingerprint density at radius 1 is 1.70 bits per heavy atom. The van der Waals surface area contributed by atoms with Crippen LogP contribution in [0.1, 0.15) is 5.69 Å². The first-order valence-corrected chi connectivity index (χ1v) is 2.61. The van der Waals surface area contributed by atoms with Gasteiger partial charge in [0.05, 0.1) is 12.5 Å². The summed E-state index contributed by atoms with van der Waals surface area (Å²) in [6.45, 7) is 0. The zero-order chi connectivity index (χ0) is 6.53. The number of nitriles is 1. The molecule has 0 N–H and O–H groups in total. The molecular formula is C7H5N2Re-. The predicted molar refractivity (Wildman–Crippen MR) is 32.4 cm³/mol. The first-order chi connectivity index (χ1) is 4.43. The van der Waals surface area contributed by atoms with E-state index < -0.39 is 0 Å². The van der Waals surface area contributed by atoms with E-state index in [2.05, 4.69) is 11.1 Å². The summed E-state index contributed by atoms with van der Waals surface area (Å²) in [6, 6.07) is 8.31. The predicted octanol–water partition coefficient (Wildman–Crippen LogP) is 0.945. The van der Waals surface area contributed by atoms with Gasteiger partial charge < -0.3 is 0 Å². The van der Waals surface area contributed by atoms with E-state index in [1.165, 1.54) is 0 Å². The molecule has 0 spiro atoms. The number of aromatic nitrogens is 1. The fraction of sp³-hybridized carbons (Fsp3) is 0.143. The minimum absolute atomic E-state index is 0. The maximum Gasteiger partial charge on any atom is 0.0669 e. The number of pyridine rings is 1. The van der Waals surface area contributed by atoms with Gasteiger partial charge in [0.25, 0.3) is 0 Å². The topological polar surface area (TPSA) is 36.7 Å². The number of hydrogen-bond donors (Lipinski definition) is 0. The molecule has 1 radical (unpaired) electrons. The molecule has 0 amide bonds. The molecule has 0 aliphatic heterocycles. The maximum absolute atomic E-state index is 8.22. The quantitative estimate of drug-likeness (QED) is 0.724. The molecule has 0 saturated heterocycles. The second-order valence-electron chi connectivity index (χ2n) is 1.58. The van der Waals surface area contributed by atoms with Crippen LogP contribution in [-0.4, -0.2) is 4.98 Å². The number of rotatable bonds is 1. The van der Waals surface area contributed by atoms with Gasteiger partial charge in [-0.05, 0) is 5.69 Å². The van der Waals surface area contributed by atoms with Crippen molar-refractivity contribution >= 4 is 0 Å². The summed E-state index contributed by atoms with van der Waals surface area (Å²) < 4.78 is 0. The smallest absolute Gasteiger partial charge is 0.0669 e. The van der Waals surface area contributed by atoms with Gasteiger partial charge >= 0.3 is 0 Å². The van der Waals surface area contributed by atoms with Crippen molar-refractivity contribution in [3.05, 3.63) is 30.1 Å². The summed E-state index contributed by atoms with van der Waals surface area (Å²) in [5.74, 6) is 0. The van der Waals surface area contributed by atoms with Crippen LogP contribution in [0.2, 0.25) is 0 Å². The molecular weight excluding hydrogens is 298 g/mol. The zero-order valence-corrected chi connectivity index (χ0v) is 7.93. The van der Waals surface area contributed by atoms with E-state index in [1.807, 2.05) is 6.07 Å². The van der Waals surface area contributed by atoms with Crippen LogP contribution in [-0.2, 0) is 26.8 Å². The maximum atomic E-state index is 8.22. The summed E-state index contributed by atoms with van der Waals surface area (Å²) in [5.41, 5.74) is 0.802. The van der Waals surface area contributed by atoms with Crippen LogP contribution in [0.25, 0.3) is 0 Å². The molecule has 2 nitrogen and oxygen atoms in total. The molecule has 0 bridgehead atoms. The zero-order valence-electron chi connectivity index (χ0n) is 5.21. The Kier molecular flexibility index (Phi) is 4.76. The Labute approximate surface area is 73.6 Å². The Balaban J connectivity index is 0.000000810. The molecule has 51 valence electrons. The van der Waals surface area contributed by atoms with Gasteiger partial charge in [-0.15, -0.1) is 0 Å². The molecule has 0 atom stereocenters. The van der Waals surface area contributed by atoms with E-state index in [1.54, 1.807) is 18.3 Å². The standard InChI is InChI=1S/C7H5N2.Re/c8-5-4-7-3-1-2-6-9-7;/h1,3,6H,4H2;/q-1;. The molecule has 1 aromatic rings. The molecule has 10 heavy (non-hydrogen) atoms. The number of nitrogens with zero attached hydrogens (tertiary/aromatic N) is 2. The first kappa shape index (κ1) is 9.30. The molecule has 1 rings (SSSR count). The average Bonchev–Trinajstić information content (AvgIpc) is 1.91. The van der Waals surface area contributed by atoms with Crippen molar-refractivity contribution in [2.24, 2.45) is 0 Å². The van der Waals surface area contributed by atoms with Crippen molar-refractivity contribution in [2.45, 2.75) is 6.42 Å². The third-order valence-electron chi connectivity index (χ3n) is 0.937. The second kappa shape index (κ2) is 5.12. The van der Waals surface area contributed by atoms with Crippen molar-refractivity contribution in [2.75, 3.05) is 0 Å². The van der Waals surface area contributed by atoms with E-state index in [0.717, 1.165) is 5.69 Å². The van der Waals surface area contributed by atoms with Gasteiger partial charge in [-0.2, -0.15) is 11.3 Å². The van der Waals surface area contributed by atoms with Gasteiger partial charge in [-0.25, -0.2) is 12.1 Å². The fourth-order valence-corrected chi connectivity index (χ4v) is 0.536. The van der Waals surface area contributed by atoms with Crippen molar-refractivity contribution in [3.63, 3.8) is 0 Å². The van der Waals surface area contributed by atoms with Crippen molar-refractivity contribution < 1.29 is 20.4 Å². The van der Waals surface area contributed by atoms with E-state index in [-0.39, 0.29) is 20.4 Å². The van der Waals surface area contributed by atoms with Crippen molar-refractivity contribution in [1.29, 1.82) is 5.26 Å². The van der Waals surface area contributed by atoms with E-state index >= 15 is 0 Å². The van der Waals surface area contributed by atoms with Crippen LogP contribution in [0.3, 0.4) is 0 Å². The normalized spacial score (nSPS) is 7.50. The molecule has 0 saturated carbocycles. The second-order valence-corrected chi connectivity index (χ2v) is 1.58. The third-order valence-corrected chi connectivity index (χ3v) is 0.937. The molecule has 0 aliphatic carbocycles. The van der Waals surface area contributed by atoms with Crippen LogP contribution in [0.4, 0.5) is 0 Å². The molecule has 0 aromatic carbocycles. The number of hydrogen-bond acceptors (Lipinski definition) is 2. The van der Waals surface area contributed by atoms with Gasteiger partial charge in [0.1, 0.15) is 0 Å². The molecule has 0 aliphatic rings. The molecule has 0 fully saturated rings. The SMILES string of the molecule is N#CCc1cc[c-]cn1.[Re]. The molecule has 1 heterocycles. The van der Waals surface area contributed by atoms with Gasteiger partial charge in [-0.3, -0.25) is 4.98 Å². The average molecular weight is 303 g/mol. The van der Waals surface area contributed by atoms with Crippen LogP contribution in [0.5, 0.6) is 0 Å². The Hall–Kier alpha value is -0.698. The van der Waals surface area contributed by atoms with Gasteiger partial charge in [0, 0.05) is 20.4 Å². The Morgan fingerprint density at radius 3 is 3.00 bits per heavy atom.